The summed E-state index contributed by atoms with van der Waals surface area (Å²) in [6, 6.07) is 9.51. The smallest absolute Gasteiger partial charge is 0.315 e. The van der Waals surface area contributed by atoms with Gasteiger partial charge in [0.2, 0.25) is 0 Å². The van der Waals surface area contributed by atoms with Crippen LogP contribution in [0.5, 0.6) is 0 Å². The van der Waals surface area contributed by atoms with Gasteiger partial charge in [0.1, 0.15) is 11.5 Å². The Balaban J connectivity index is 1.90. The van der Waals surface area contributed by atoms with E-state index in [4.69, 9.17) is 4.42 Å². The Kier molecular flexibility index (Phi) is 5.07. The first-order valence-corrected chi connectivity index (χ1v) is 7.61. The van der Waals surface area contributed by atoms with Gasteiger partial charge in [0.05, 0.1) is 6.04 Å². The Morgan fingerprint density at radius 3 is 2.67 bits per heavy atom. The number of hydrogen-bond acceptors (Lipinski definition) is 2. The fraction of sp³-hybridized carbons (Fsp3) is 0.312. The van der Waals surface area contributed by atoms with Crippen molar-refractivity contribution in [3.05, 3.63) is 57.5 Å². The standard InChI is InChI=1S/C16H19BrN2O2/c1-10-8-13(12(3)21-10)9-18-16(20)19-11(2)14-6-4-5-7-15(14)17/h4-8,11H,9H2,1-3H3,(H2,18,19,20). The second-order valence-electron chi connectivity index (χ2n) is 5.01. The van der Waals surface area contributed by atoms with E-state index in [1.165, 1.54) is 0 Å². The number of urea groups is 1. The van der Waals surface area contributed by atoms with E-state index < -0.39 is 0 Å². The SMILES string of the molecule is Cc1cc(CNC(=O)NC(C)c2ccccc2Br)c(C)o1. The van der Waals surface area contributed by atoms with Gasteiger partial charge in [-0.1, -0.05) is 34.1 Å². The van der Waals surface area contributed by atoms with Crippen LogP contribution in [0.4, 0.5) is 4.79 Å². The van der Waals surface area contributed by atoms with Crippen molar-refractivity contribution in [1.82, 2.24) is 10.6 Å². The number of nitrogens with one attached hydrogen (secondary N) is 2. The van der Waals surface area contributed by atoms with Crippen LogP contribution in [0.2, 0.25) is 0 Å². The van der Waals surface area contributed by atoms with Crippen LogP contribution < -0.4 is 10.6 Å². The summed E-state index contributed by atoms with van der Waals surface area (Å²) in [6.07, 6.45) is 0. The molecule has 1 unspecified atom stereocenters. The van der Waals surface area contributed by atoms with Gasteiger partial charge in [0, 0.05) is 16.6 Å². The van der Waals surface area contributed by atoms with Crippen LogP contribution in [0.15, 0.2) is 39.2 Å². The molecule has 0 saturated heterocycles. The number of halogens is 1. The van der Waals surface area contributed by atoms with Crippen molar-refractivity contribution in [2.75, 3.05) is 0 Å². The summed E-state index contributed by atoms with van der Waals surface area (Å²) >= 11 is 3.49. The van der Waals surface area contributed by atoms with Gasteiger partial charge in [-0.25, -0.2) is 4.79 Å². The van der Waals surface area contributed by atoms with Crippen LogP contribution in [-0.2, 0) is 6.54 Å². The highest BCUT2D eigenvalue weighted by Gasteiger charge is 2.12. The number of carbonyl (C=O) groups is 1. The number of benzene rings is 1. The van der Waals surface area contributed by atoms with Crippen LogP contribution in [0.3, 0.4) is 0 Å². The average Bonchev–Trinajstić information content (AvgIpc) is 2.75. The Hall–Kier alpha value is -1.75. The molecule has 1 aromatic carbocycles. The lowest BCUT2D eigenvalue weighted by molar-refractivity contribution is 0.237. The molecular weight excluding hydrogens is 332 g/mol. The molecule has 0 aliphatic heterocycles. The predicted octanol–water partition coefficient (Wildman–Crippen LogP) is 4.22. The van der Waals surface area contributed by atoms with Crippen molar-refractivity contribution in [2.45, 2.75) is 33.4 Å². The van der Waals surface area contributed by atoms with E-state index >= 15 is 0 Å². The molecule has 2 N–H and O–H groups in total. The predicted molar refractivity (Wildman–Crippen MR) is 86.1 cm³/mol. The number of rotatable bonds is 4. The molecule has 112 valence electrons. The third-order valence-corrected chi connectivity index (χ3v) is 4.02. The maximum absolute atomic E-state index is 12.0. The summed E-state index contributed by atoms with van der Waals surface area (Å²) in [4.78, 5) is 12.0. The second kappa shape index (κ2) is 6.80. The van der Waals surface area contributed by atoms with Crippen molar-refractivity contribution < 1.29 is 9.21 Å². The number of furan rings is 1. The quantitative estimate of drug-likeness (QED) is 0.867. The first-order valence-electron chi connectivity index (χ1n) is 6.82. The molecule has 0 bridgehead atoms. The number of carbonyl (C=O) groups excluding carboxylic acids is 1. The Morgan fingerprint density at radius 1 is 1.33 bits per heavy atom. The lowest BCUT2D eigenvalue weighted by Gasteiger charge is -2.16. The summed E-state index contributed by atoms with van der Waals surface area (Å²) in [5.74, 6) is 1.69. The normalized spacial score (nSPS) is 12.0. The van der Waals surface area contributed by atoms with E-state index in [0.717, 1.165) is 27.1 Å². The Bertz CT molecular complexity index is 637. The highest BCUT2D eigenvalue weighted by atomic mass is 79.9. The summed E-state index contributed by atoms with van der Waals surface area (Å²) < 4.78 is 6.42. The third kappa shape index (κ3) is 4.11. The molecule has 0 aliphatic carbocycles. The first kappa shape index (κ1) is 15.6. The van der Waals surface area contributed by atoms with Crippen LogP contribution in [0.25, 0.3) is 0 Å². The Morgan fingerprint density at radius 2 is 2.05 bits per heavy atom. The van der Waals surface area contributed by atoms with Crippen LogP contribution in [-0.4, -0.2) is 6.03 Å². The molecule has 2 amide bonds. The zero-order valence-corrected chi connectivity index (χ0v) is 14.0. The summed E-state index contributed by atoms with van der Waals surface area (Å²) in [5, 5.41) is 5.77. The molecule has 2 aromatic rings. The fourth-order valence-corrected chi connectivity index (χ4v) is 2.81. The molecular formula is C16H19BrN2O2. The molecule has 0 spiro atoms. The van der Waals surface area contributed by atoms with E-state index in [1.54, 1.807) is 0 Å². The largest absolute Gasteiger partial charge is 0.466 e. The Labute approximate surface area is 133 Å². The van der Waals surface area contributed by atoms with Crippen molar-refractivity contribution in [3.63, 3.8) is 0 Å². The van der Waals surface area contributed by atoms with Gasteiger partial charge in [-0.05, 0) is 38.5 Å². The highest BCUT2D eigenvalue weighted by molar-refractivity contribution is 9.10. The summed E-state index contributed by atoms with van der Waals surface area (Å²) in [6.45, 7) is 6.20. The molecule has 1 aromatic heterocycles. The van der Waals surface area contributed by atoms with Gasteiger partial charge in [-0.2, -0.15) is 0 Å². The van der Waals surface area contributed by atoms with Crippen molar-refractivity contribution in [2.24, 2.45) is 0 Å². The highest BCUT2D eigenvalue weighted by Crippen LogP contribution is 2.22. The molecule has 0 fully saturated rings. The number of aryl methyl sites for hydroxylation is 2. The maximum atomic E-state index is 12.0. The average molecular weight is 351 g/mol. The molecule has 0 saturated carbocycles. The van der Waals surface area contributed by atoms with Gasteiger partial charge in [-0.15, -0.1) is 0 Å². The van der Waals surface area contributed by atoms with Crippen molar-refractivity contribution in [3.8, 4) is 0 Å². The van der Waals surface area contributed by atoms with Gasteiger partial charge >= 0.3 is 6.03 Å². The molecule has 21 heavy (non-hydrogen) atoms. The zero-order chi connectivity index (χ0) is 15.4. The molecule has 2 rings (SSSR count). The lowest BCUT2D eigenvalue weighted by Crippen LogP contribution is -2.36. The van der Waals surface area contributed by atoms with Crippen LogP contribution in [0.1, 0.15) is 35.6 Å². The lowest BCUT2D eigenvalue weighted by atomic mass is 10.1. The number of hydrogen-bond donors (Lipinski definition) is 2. The van der Waals surface area contributed by atoms with E-state index in [9.17, 15) is 4.79 Å². The van der Waals surface area contributed by atoms with Crippen molar-refractivity contribution >= 4 is 22.0 Å². The number of amides is 2. The van der Waals surface area contributed by atoms with E-state index in [-0.39, 0.29) is 12.1 Å². The fourth-order valence-electron chi connectivity index (χ4n) is 2.19. The monoisotopic (exact) mass is 350 g/mol. The minimum absolute atomic E-state index is 0.0762. The second-order valence-corrected chi connectivity index (χ2v) is 5.86. The summed E-state index contributed by atoms with van der Waals surface area (Å²) in [7, 11) is 0. The molecule has 0 radical (unpaired) electrons. The van der Waals surface area contributed by atoms with Gasteiger partial charge in [0.15, 0.2) is 0 Å². The topological polar surface area (TPSA) is 54.3 Å². The van der Waals surface area contributed by atoms with Crippen LogP contribution in [0, 0.1) is 13.8 Å². The molecule has 5 heteroatoms. The molecule has 0 aliphatic rings. The van der Waals surface area contributed by atoms with E-state index in [0.29, 0.717) is 6.54 Å². The minimum Gasteiger partial charge on any atom is -0.466 e. The molecule has 1 atom stereocenters. The van der Waals surface area contributed by atoms with Gasteiger partial charge in [0.25, 0.3) is 0 Å². The molecule has 4 nitrogen and oxygen atoms in total. The third-order valence-electron chi connectivity index (χ3n) is 3.30. The zero-order valence-electron chi connectivity index (χ0n) is 12.4. The van der Waals surface area contributed by atoms with E-state index in [1.807, 2.05) is 51.1 Å². The van der Waals surface area contributed by atoms with Gasteiger partial charge in [-0.3, -0.25) is 0 Å². The minimum atomic E-state index is -0.198. The molecule has 1 heterocycles. The van der Waals surface area contributed by atoms with E-state index in [2.05, 4.69) is 26.6 Å². The summed E-state index contributed by atoms with van der Waals surface area (Å²) in [5.41, 5.74) is 2.04. The maximum Gasteiger partial charge on any atom is 0.315 e. The van der Waals surface area contributed by atoms with Crippen LogP contribution >= 0.6 is 15.9 Å². The first-order chi connectivity index (χ1) is 9.97. The van der Waals surface area contributed by atoms with Gasteiger partial charge < -0.3 is 15.1 Å². The van der Waals surface area contributed by atoms with Crippen molar-refractivity contribution in [1.29, 1.82) is 0 Å².